The highest BCUT2D eigenvalue weighted by Gasteiger charge is 2.32. The topological polar surface area (TPSA) is 93.4 Å². The zero-order chi connectivity index (χ0) is 19.8. The highest BCUT2D eigenvalue weighted by molar-refractivity contribution is 7.19. The van der Waals surface area contributed by atoms with Crippen molar-refractivity contribution in [3.05, 3.63) is 16.8 Å². The third-order valence-corrected chi connectivity index (χ3v) is 7.91. The molecule has 0 bridgehead atoms. The Morgan fingerprint density at radius 3 is 2.76 bits per heavy atom. The highest BCUT2D eigenvalue weighted by atomic mass is 32.1. The number of carbonyl (C=O) groups excluding carboxylic acids is 1. The van der Waals surface area contributed by atoms with Crippen LogP contribution in [0.25, 0.3) is 10.2 Å². The number of hydrogen-bond donors (Lipinski definition) is 2. The van der Waals surface area contributed by atoms with Crippen molar-refractivity contribution in [2.75, 3.05) is 26.2 Å². The minimum Gasteiger partial charge on any atom is -0.474 e. The largest absolute Gasteiger partial charge is 0.474 e. The number of aryl methyl sites for hydroxylation is 1. The molecule has 2 aromatic rings. The van der Waals surface area contributed by atoms with Crippen LogP contribution in [-0.4, -0.2) is 59.1 Å². The summed E-state index contributed by atoms with van der Waals surface area (Å²) in [5.41, 5.74) is 6.71. The number of nitrogens with zero attached hydrogens (tertiary/aromatic N) is 3. The number of carbonyl (C=O) groups is 1. The number of fused-ring (bicyclic) bond motifs is 3. The van der Waals surface area contributed by atoms with Crippen molar-refractivity contribution in [1.82, 2.24) is 20.2 Å². The van der Waals surface area contributed by atoms with Gasteiger partial charge in [-0.2, -0.15) is 0 Å². The molecule has 0 aromatic carbocycles. The van der Waals surface area contributed by atoms with E-state index in [0.29, 0.717) is 18.3 Å². The van der Waals surface area contributed by atoms with Gasteiger partial charge in [-0.1, -0.05) is 0 Å². The second-order valence-corrected chi connectivity index (χ2v) is 9.62. The summed E-state index contributed by atoms with van der Waals surface area (Å²) in [4.78, 5) is 25.5. The molecule has 2 aromatic heterocycles. The molecule has 2 fully saturated rings. The molecule has 3 aliphatic rings. The van der Waals surface area contributed by atoms with Crippen LogP contribution in [0.5, 0.6) is 5.88 Å². The number of amides is 1. The number of nitrogens with one attached hydrogen (secondary N) is 1. The molecule has 5 rings (SSSR count). The van der Waals surface area contributed by atoms with E-state index in [-0.39, 0.29) is 17.9 Å². The summed E-state index contributed by atoms with van der Waals surface area (Å²) in [6.45, 7) is 4.52. The fraction of sp³-hybridized carbons (Fsp3) is 0.667. The van der Waals surface area contributed by atoms with Gasteiger partial charge in [0.1, 0.15) is 17.3 Å². The number of hydrogen-bond acceptors (Lipinski definition) is 7. The lowest BCUT2D eigenvalue weighted by Crippen LogP contribution is -2.50. The first-order valence-corrected chi connectivity index (χ1v) is 11.7. The molecular formula is C21H29N5O2S. The predicted molar refractivity (Wildman–Crippen MR) is 113 cm³/mol. The first-order chi connectivity index (χ1) is 14.2. The monoisotopic (exact) mass is 415 g/mol. The third kappa shape index (κ3) is 3.85. The Morgan fingerprint density at radius 1 is 1.21 bits per heavy atom. The molecule has 1 saturated heterocycles. The van der Waals surface area contributed by atoms with Crippen LogP contribution in [0.3, 0.4) is 0 Å². The molecule has 29 heavy (non-hydrogen) atoms. The zero-order valence-corrected chi connectivity index (χ0v) is 17.5. The maximum absolute atomic E-state index is 11.5. The van der Waals surface area contributed by atoms with E-state index in [1.807, 2.05) is 0 Å². The van der Waals surface area contributed by atoms with Gasteiger partial charge in [0.05, 0.1) is 5.39 Å². The average Bonchev–Trinajstić information content (AvgIpc) is 3.29. The van der Waals surface area contributed by atoms with Crippen LogP contribution in [0.1, 0.15) is 54.9 Å². The molecule has 0 spiro atoms. The molecular weight excluding hydrogens is 386 g/mol. The van der Waals surface area contributed by atoms with Gasteiger partial charge in [-0.15, -0.1) is 11.3 Å². The molecule has 3 heterocycles. The number of ether oxygens (including phenoxy) is 1. The second-order valence-electron chi connectivity index (χ2n) is 8.54. The van der Waals surface area contributed by atoms with E-state index in [4.69, 9.17) is 10.5 Å². The van der Waals surface area contributed by atoms with Gasteiger partial charge >= 0.3 is 0 Å². The fourth-order valence-electron chi connectivity index (χ4n) is 5.31. The van der Waals surface area contributed by atoms with Crippen molar-refractivity contribution >= 4 is 27.5 Å². The normalized spacial score (nSPS) is 27.8. The molecule has 7 nitrogen and oxygen atoms in total. The summed E-state index contributed by atoms with van der Waals surface area (Å²) in [7, 11) is 0. The number of thiophene rings is 1. The van der Waals surface area contributed by atoms with Crippen LogP contribution in [0, 0.1) is 0 Å². The smallest absolute Gasteiger partial charge is 0.225 e. The van der Waals surface area contributed by atoms with Gasteiger partial charge in [0.2, 0.25) is 11.8 Å². The molecule has 8 heteroatoms. The SMILES string of the molecule is NC(=O)C[C@H]1CCc2sc3ncnc(OC4CCC(N5CCNCC5)CC4)c3c21. The van der Waals surface area contributed by atoms with E-state index >= 15 is 0 Å². The quantitative estimate of drug-likeness (QED) is 0.778. The zero-order valence-electron chi connectivity index (χ0n) is 16.7. The molecule has 1 amide bonds. The van der Waals surface area contributed by atoms with Crippen LogP contribution in [0.4, 0.5) is 0 Å². The van der Waals surface area contributed by atoms with Gasteiger partial charge in [-0.25, -0.2) is 9.97 Å². The Bertz CT molecular complexity index is 887. The molecule has 0 radical (unpaired) electrons. The van der Waals surface area contributed by atoms with Crippen molar-refractivity contribution in [3.8, 4) is 5.88 Å². The van der Waals surface area contributed by atoms with Gasteiger partial charge in [0.15, 0.2) is 0 Å². The van der Waals surface area contributed by atoms with E-state index in [2.05, 4.69) is 20.2 Å². The number of nitrogens with two attached hydrogens (primary N) is 1. The lowest BCUT2D eigenvalue weighted by atomic mass is 9.91. The average molecular weight is 416 g/mol. The highest BCUT2D eigenvalue weighted by Crippen LogP contribution is 2.47. The number of primary amides is 1. The van der Waals surface area contributed by atoms with Crippen molar-refractivity contribution in [1.29, 1.82) is 0 Å². The minimum absolute atomic E-state index is 0.174. The standard InChI is InChI=1S/C21H29N5O2S/c22-17(27)11-13-1-6-16-18(13)19-20(24-12-25-21(19)29-16)28-15-4-2-14(3-5-15)26-9-7-23-8-10-26/h12-15,23H,1-11H2,(H2,22,27)/t13-,14?,15?/m1/s1. The van der Waals surface area contributed by atoms with Crippen molar-refractivity contribution in [3.63, 3.8) is 0 Å². The molecule has 156 valence electrons. The Kier molecular flexibility index (Phi) is 5.41. The van der Waals surface area contributed by atoms with E-state index in [1.54, 1.807) is 17.7 Å². The van der Waals surface area contributed by atoms with Crippen LogP contribution in [0.15, 0.2) is 6.33 Å². The van der Waals surface area contributed by atoms with Crippen LogP contribution >= 0.6 is 11.3 Å². The van der Waals surface area contributed by atoms with E-state index in [1.165, 1.54) is 23.3 Å². The first-order valence-electron chi connectivity index (χ1n) is 10.8. The summed E-state index contributed by atoms with van der Waals surface area (Å²) in [5, 5.41) is 4.47. The van der Waals surface area contributed by atoms with Crippen molar-refractivity contribution < 1.29 is 9.53 Å². The lowest BCUT2D eigenvalue weighted by molar-refractivity contribution is -0.118. The van der Waals surface area contributed by atoms with Crippen LogP contribution in [-0.2, 0) is 11.2 Å². The molecule has 1 saturated carbocycles. The van der Waals surface area contributed by atoms with Crippen molar-refractivity contribution in [2.45, 2.75) is 63.0 Å². The predicted octanol–water partition coefficient (Wildman–Crippen LogP) is 2.19. The van der Waals surface area contributed by atoms with Crippen LogP contribution in [0.2, 0.25) is 0 Å². The number of aromatic nitrogens is 2. The van der Waals surface area contributed by atoms with E-state index in [9.17, 15) is 4.79 Å². The third-order valence-electron chi connectivity index (χ3n) is 6.73. The maximum Gasteiger partial charge on any atom is 0.225 e. The Labute approximate surface area is 175 Å². The molecule has 2 aliphatic carbocycles. The van der Waals surface area contributed by atoms with Gasteiger partial charge in [-0.05, 0) is 50.0 Å². The lowest BCUT2D eigenvalue weighted by Gasteiger charge is -2.39. The van der Waals surface area contributed by atoms with E-state index in [0.717, 1.165) is 62.1 Å². The molecule has 3 N–H and O–H groups in total. The van der Waals surface area contributed by atoms with Crippen LogP contribution < -0.4 is 15.8 Å². The number of piperazine rings is 1. The van der Waals surface area contributed by atoms with Gasteiger partial charge in [0.25, 0.3) is 0 Å². The van der Waals surface area contributed by atoms with Gasteiger partial charge < -0.3 is 15.8 Å². The molecule has 1 atom stereocenters. The summed E-state index contributed by atoms with van der Waals surface area (Å²) < 4.78 is 6.45. The Hall–Kier alpha value is -1.77. The van der Waals surface area contributed by atoms with E-state index < -0.39 is 0 Å². The van der Waals surface area contributed by atoms with Gasteiger partial charge in [0, 0.05) is 43.5 Å². The summed E-state index contributed by atoms with van der Waals surface area (Å²) >= 11 is 1.72. The fourth-order valence-corrected chi connectivity index (χ4v) is 6.54. The summed E-state index contributed by atoms with van der Waals surface area (Å²) in [6.07, 6.45) is 8.68. The summed E-state index contributed by atoms with van der Waals surface area (Å²) in [5.74, 6) is 0.635. The minimum atomic E-state index is -0.243. The maximum atomic E-state index is 11.5. The molecule has 1 aliphatic heterocycles. The number of rotatable bonds is 5. The van der Waals surface area contributed by atoms with Gasteiger partial charge in [-0.3, -0.25) is 9.69 Å². The Morgan fingerprint density at radius 2 is 2.00 bits per heavy atom. The second kappa shape index (κ2) is 8.16. The first kappa shape index (κ1) is 19.2. The molecule has 0 unspecified atom stereocenters. The van der Waals surface area contributed by atoms with Crippen molar-refractivity contribution in [2.24, 2.45) is 5.73 Å². The summed E-state index contributed by atoms with van der Waals surface area (Å²) in [6, 6.07) is 0.688. The Balaban J connectivity index is 1.32.